The highest BCUT2D eigenvalue weighted by Gasteiger charge is 2.60. The van der Waals surface area contributed by atoms with E-state index in [1.54, 1.807) is 6.08 Å². The van der Waals surface area contributed by atoms with Gasteiger partial charge in [0.2, 0.25) is 5.91 Å². The summed E-state index contributed by atoms with van der Waals surface area (Å²) < 4.78 is 5.78. The van der Waals surface area contributed by atoms with Crippen molar-refractivity contribution in [3.8, 4) is 0 Å². The number of nitrogens with one attached hydrogen (secondary N) is 1. The number of esters is 1. The largest absolute Gasteiger partial charge is 0.458 e. The quantitative estimate of drug-likeness (QED) is 0.571. The molecule has 0 radical (unpaired) electrons. The average Bonchev–Trinajstić information content (AvgIpc) is 3.11. The number of hydrogen-bond acceptors (Lipinski definition) is 3. The summed E-state index contributed by atoms with van der Waals surface area (Å²) in [5.41, 5.74) is 0.395. The molecule has 180 valence electrons. The van der Waals surface area contributed by atoms with Gasteiger partial charge in [-0.05, 0) is 118 Å². The normalized spacial score (nSPS) is 56.0. The maximum atomic E-state index is 13.7. The van der Waals surface area contributed by atoms with Gasteiger partial charge in [-0.25, -0.2) is 4.79 Å². The van der Waals surface area contributed by atoms with Crippen LogP contribution in [-0.4, -0.2) is 23.5 Å². The Labute approximate surface area is 198 Å². The van der Waals surface area contributed by atoms with Crippen LogP contribution in [0.1, 0.15) is 90.9 Å². The molecule has 8 rings (SSSR count). The van der Waals surface area contributed by atoms with Crippen LogP contribution in [-0.2, 0) is 14.3 Å². The molecule has 1 amide bonds. The van der Waals surface area contributed by atoms with Gasteiger partial charge in [-0.1, -0.05) is 19.9 Å². The molecule has 7 atom stereocenters. The van der Waals surface area contributed by atoms with Crippen molar-refractivity contribution in [1.29, 1.82) is 0 Å². The van der Waals surface area contributed by atoms with Crippen molar-refractivity contribution >= 4 is 11.9 Å². The van der Waals surface area contributed by atoms with Crippen molar-refractivity contribution in [2.24, 2.45) is 52.3 Å². The van der Waals surface area contributed by atoms with Crippen molar-refractivity contribution in [3.05, 3.63) is 12.2 Å². The first-order valence-electron chi connectivity index (χ1n) is 14.0. The van der Waals surface area contributed by atoms with E-state index >= 15 is 0 Å². The molecule has 1 aliphatic heterocycles. The summed E-state index contributed by atoms with van der Waals surface area (Å²) in [6.07, 6.45) is 18.6. The highest BCUT2D eigenvalue weighted by Crippen LogP contribution is 2.65. The van der Waals surface area contributed by atoms with Crippen molar-refractivity contribution in [1.82, 2.24) is 5.32 Å². The fourth-order valence-corrected chi connectivity index (χ4v) is 11.1. The first-order valence-corrected chi connectivity index (χ1v) is 14.0. The summed E-state index contributed by atoms with van der Waals surface area (Å²) in [5, 5.41) is 3.72. The maximum Gasteiger partial charge on any atom is 0.330 e. The zero-order valence-electron chi connectivity index (χ0n) is 20.5. The predicted octanol–water partition coefficient (Wildman–Crippen LogP) is 5.41. The van der Waals surface area contributed by atoms with E-state index in [-0.39, 0.29) is 28.9 Å². The third-order valence-corrected chi connectivity index (χ3v) is 12.1. The van der Waals surface area contributed by atoms with Crippen LogP contribution in [0.4, 0.5) is 0 Å². The van der Waals surface area contributed by atoms with E-state index in [1.807, 2.05) is 0 Å². The van der Waals surface area contributed by atoms with Gasteiger partial charge in [-0.15, -0.1) is 0 Å². The Kier molecular flexibility index (Phi) is 4.38. The second-order valence-corrected chi connectivity index (χ2v) is 14.1. The lowest BCUT2D eigenvalue weighted by atomic mass is 9.49. The van der Waals surface area contributed by atoms with Crippen LogP contribution in [0.5, 0.6) is 0 Å². The molecule has 4 bridgehead atoms. The third kappa shape index (κ3) is 3.07. The predicted molar refractivity (Wildman–Crippen MR) is 126 cm³/mol. The number of carbonyl (C=O) groups is 2. The van der Waals surface area contributed by atoms with Gasteiger partial charge in [0.15, 0.2) is 0 Å². The van der Waals surface area contributed by atoms with Gasteiger partial charge in [0.05, 0.1) is 0 Å². The molecule has 0 aromatic carbocycles. The molecule has 2 unspecified atom stereocenters. The molecule has 0 aromatic rings. The summed E-state index contributed by atoms with van der Waals surface area (Å²) in [5.74, 6) is 4.88. The van der Waals surface area contributed by atoms with Gasteiger partial charge in [0, 0.05) is 22.9 Å². The fourth-order valence-electron chi connectivity index (χ4n) is 11.1. The Hall–Kier alpha value is -1.32. The Bertz CT molecular complexity index is 873. The molecule has 7 aliphatic carbocycles. The monoisotopic (exact) mass is 451 g/mol. The van der Waals surface area contributed by atoms with Gasteiger partial charge >= 0.3 is 5.97 Å². The zero-order valence-corrected chi connectivity index (χ0v) is 20.5. The summed E-state index contributed by atoms with van der Waals surface area (Å²) in [6, 6.07) is 0. The topological polar surface area (TPSA) is 55.4 Å². The molecular formula is C29H41NO3. The van der Waals surface area contributed by atoms with Gasteiger partial charge < -0.3 is 10.1 Å². The molecule has 33 heavy (non-hydrogen) atoms. The highest BCUT2D eigenvalue weighted by molar-refractivity contribution is 5.83. The molecular weight excluding hydrogens is 410 g/mol. The Balaban J connectivity index is 1.09. The van der Waals surface area contributed by atoms with Crippen molar-refractivity contribution < 1.29 is 14.3 Å². The first-order chi connectivity index (χ1) is 15.8. The fraction of sp³-hybridized carbons (Fsp3) is 0.862. The minimum Gasteiger partial charge on any atom is -0.458 e. The van der Waals surface area contributed by atoms with E-state index in [9.17, 15) is 9.59 Å². The third-order valence-electron chi connectivity index (χ3n) is 12.1. The van der Waals surface area contributed by atoms with Gasteiger partial charge in [-0.2, -0.15) is 0 Å². The van der Waals surface area contributed by atoms with Crippen LogP contribution in [0.2, 0.25) is 0 Å². The van der Waals surface area contributed by atoms with E-state index in [0.717, 1.165) is 43.4 Å². The lowest BCUT2D eigenvalue weighted by molar-refractivity contribution is -0.166. The summed E-state index contributed by atoms with van der Waals surface area (Å²) in [4.78, 5) is 25.6. The minimum atomic E-state index is -0.168. The summed E-state index contributed by atoms with van der Waals surface area (Å²) in [6.45, 7) is 4.81. The first kappa shape index (κ1) is 21.0. The van der Waals surface area contributed by atoms with Gasteiger partial charge in [0.1, 0.15) is 6.10 Å². The summed E-state index contributed by atoms with van der Waals surface area (Å²) in [7, 11) is 0. The lowest BCUT2D eigenvalue weighted by Crippen LogP contribution is -2.60. The highest BCUT2D eigenvalue weighted by atomic mass is 16.5. The second kappa shape index (κ2) is 6.88. The van der Waals surface area contributed by atoms with E-state index in [4.69, 9.17) is 4.74 Å². The van der Waals surface area contributed by atoms with Crippen molar-refractivity contribution in [3.63, 3.8) is 0 Å². The Morgan fingerprint density at radius 1 is 0.939 bits per heavy atom. The number of carbonyl (C=O) groups excluding carboxylic acids is 2. The average molecular weight is 452 g/mol. The number of amides is 1. The van der Waals surface area contributed by atoms with E-state index in [0.29, 0.717) is 29.1 Å². The SMILES string of the molecule is C[C@]12CC[C@@H]3[C@@H](CCC4OC(=O)C=C[C@@]43C)[C@@H]1CC(C(=O)NC13CC4CC(CC(C4)C1)C3)C2. The molecule has 1 heterocycles. The molecule has 0 saturated heterocycles. The Morgan fingerprint density at radius 3 is 2.33 bits per heavy atom. The number of fused-ring (bicyclic) bond motifs is 5. The van der Waals surface area contributed by atoms with E-state index in [1.165, 1.54) is 51.4 Å². The summed E-state index contributed by atoms with van der Waals surface area (Å²) >= 11 is 0. The standard InChI is InChI=1S/C29H41NO3/c1-27-7-5-22-21(3-4-24-28(22,2)8-6-25(31)33-24)23(27)12-20(16-27)26(32)30-29-13-17-9-18(14-29)11-19(10-17)15-29/h6,8,17-24H,3-5,7,9-16H2,1-2H3,(H,30,32)/t17?,18?,19?,20?,21-,22-,23+,24?,27-,28-,29?/m1/s1. The van der Waals surface area contributed by atoms with Crippen LogP contribution in [0.15, 0.2) is 12.2 Å². The van der Waals surface area contributed by atoms with Crippen molar-refractivity contribution in [2.75, 3.05) is 0 Å². The maximum absolute atomic E-state index is 13.7. The van der Waals surface area contributed by atoms with Gasteiger partial charge in [-0.3, -0.25) is 4.79 Å². The lowest BCUT2D eigenvalue weighted by Gasteiger charge is -2.57. The molecule has 7 saturated carbocycles. The molecule has 0 aromatic heterocycles. The van der Waals surface area contributed by atoms with Gasteiger partial charge in [0.25, 0.3) is 0 Å². The number of rotatable bonds is 2. The van der Waals surface area contributed by atoms with Crippen LogP contribution < -0.4 is 5.32 Å². The van der Waals surface area contributed by atoms with E-state index in [2.05, 4.69) is 25.2 Å². The van der Waals surface area contributed by atoms with Crippen LogP contribution in [0, 0.1) is 52.3 Å². The van der Waals surface area contributed by atoms with Crippen LogP contribution >= 0.6 is 0 Å². The van der Waals surface area contributed by atoms with E-state index < -0.39 is 0 Å². The molecule has 4 nitrogen and oxygen atoms in total. The molecule has 7 fully saturated rings. The zero-order chi connectivity index (χ0) is 22.6. The minimum absolute atomic E-state index is 0.0301. The van der Waals surface area contributed by atoms with Crippen LogP contribution in [0.25, 0.3) is 0 Å². The molecule has 0 spiro atoms. The van der Waals surface area contributed by atoms with Crippen molar-refractivity contribution in [2.45, 2.75) is 103 Å². The number of hydrogen-bond donors (Lipinski definition) is 1. The smallest absolute Gasteiger partial charge is 0.330 e. The molecule has 8 aliphatic rings. The molecule has 4 heteroatoms. The molecule has 1 N–H and O–H groups in total. The Morgan fingerprint density at radius 2 is 1.64 bits per heavy atom. The second-order valence-electron chi connectivity index (χ2n) is 14.1. The van der Waals surface area contributed by atoms with Crippen LogP contribution in [0.3, 0.4) is 0 Å². The number of ether oxygens (including phenoxy) is 1.